The number of nitrogens with one attached hydrogen (secondary N) is 1. The lowest BCUT2D eigenvalue weighted by molar-refractivity contribution is 0.171. The van der Waals surface area contributed by atoms with E-state index in [1.54, 1.807) is 0 Å². The first-order valence-corrected chi connectivity index (χ1v) is 4.85. The summed E-state index contributed by atoms with van der Waals surface area (Å²) < 4.78 is 24.3. The average molecular weight is 240 g/mol. The van der Waals surface area contributed by atoms with Gasteiger partial charge in [-0.15, -0.1) is 0 Å². The van der Waals surface area contributed by atoms with Crippen LogP contribution in [0.2, 0.25) is 0 Å². The Morgan fingerprint density at radius 3 is 2.67 bits per heavy atom. The van der Waals surface area contributed by atoms with Crippen molar-refractivity contribution >= 4 is 15.9 Å². The molecule has 1 rings (SSSR count). The topological polar surface area (TPSA) is 12.0 Å². The van der Waals surface area contributed by atoms with Crippen LogP contribution in [0.15, 0.2) is 12.2 Å². The van der Waals surface area contributed by atoms with E-state index in [1.165, 1.54) is 18.9 Å². The fourth-order valence-corrected chi connectivity index (χ4v) is 1.06. The molecule has 1 N–H and O–H groups in total. The molecule has 1 nitrogen and oxygen atoms in total. The van der Waals surface area contributed by atoms with Crippen molar-refractivity contribution in [2.75, 3.05) is 6.54 Å². The van der Waals surface area contributed by atoms with Crippen molar-refractivity contribution in [3.63, 3.8) is 0 Å². The lowest BCUT2D eigenvalue weighted by atomic mass is 10.3. The second-order valence-corrected chi connectivity index (χ2v) is 4.02. The van der Waals surface area contributed by atoms with Crippen LogP contribution in [0.5, 0.6) is 0 Å². The number of halogens is 3. The molecule has 0 unspecified atom stereocenters. The molecule has 0 saturated heterocycles. The Morgan fingerprint density at radius 2 is 2.17 bits per heavy atom. The van der Waals surface area contributed by atoms with Crippen molar-refractivity contribution in [3.8, 4) is 0 Å². The quantitative estimate of drug-likeness (QED) is 0.442. The Balaban J connectivity index is 1.96. The molecule has 1 aliphatic carbocycles. The molecule has 70 valence electrons. The molecule has 0 aliphatic heterocycles. The molecule has 0 spiro atoms. The van der Waals surface area contributed by atoms with Crippen LogP contribution in [0, 0.1) is 0 Å². The van der Waals surface area contributed by atoms with E-state index in [0.717, 1.165) is 12.6 Å². The third-order valence-corrected chi connectivity index (χ3v) is 1.89. The lowest BCUT2D eigenvalue weighted by Gasteiger charge is -2.00. The van der Waals surface area contributed by atoms with Crippen molar-refractivity contribution in [2.45, 2.75) is 30.1 Å². The zero-order chi connectivity index (χ0) is 9.03. The fraction of sp³-hybridized carbons (Fsp3) is 0.750. The van der Waals surface area contributed by atoms with E-state index < -0.39 is 4.83 Å². The Labute approximate surface area is 79.3 Å². The van der Waals surface area contributed by atoms with Gasteiger partial charge in [-0.05, 0) is 47.8 Å². The maximum atomic E-state index is 12.1. The molecule has 0 aromatic heterocycles. The Bertz CT molecular complexity index is 161. The summed E-state index contributed by atoms with van der Waals surface area (Å²) in [6.45, 7) is 0.796. The standard InChI is InChI=1S/C8H12BrF2N/c9-8(10,11)5-1-2-6-12-7-3-4-7/h1,5,7,12H,2-4,6H2/b5-1+. The summed E-state index contributed by atoms with van der Waals surface area (Å²) in [6, 6.07) is 0.655. The van der Waals surface area contributed by atoms with Crippen LogP contribution in [0.4, 0.5) is 8.78 Å². The van der Waals surface area contributed by atoms with E-state index in [0.29, 0.717) is 12.5 Å². The minimum Gasteiger partial charge on any atom is -0.314 e. The second-order valence-electron chi connectivity index (χ2n) is 2.96. The normalized spacial score (nSPS) is 18.9. The van der Waals surface area contributed by atoms with Crippen LogP contribution in [0.3, 0.4) is 0 Å². The smallest absolute Gasteiger partial charge is 0.314 e. The second kappa shape index (κ2) is 4.33. The molecule has 0 radical (unpaired) electrons. The summed E-state index contributed by atoms with van der Waals surface area (Å²) >= 11 is 2.23. The van der Waals surface area contributed by atoms with Gasteiger partial charge in [0.05, 0.1) is 0 Å². The van der Waals surface area contributed by atoms with Gasteiger partial charge < -0.3 is 5.32 Å². The van der Waals surface area contributed by atoms with Crippen LogP contribution < -0.4 is 5.32 Å². The van der Waals surface area contributed by atoms with Gasteiger partial charge in [0.25, 0.3) is 0 Å². The molecule has 0 heterocycles. The zero-order valence-electron chi connectivity index (χ0n) is 6.69. The van der Waals surface area contributed by atoms with Gasteiger partial charge in [0.1, 0.15) is 0 Å². The van der Waals surface area contributed by atoms with Crippen LogP contribution >= 0.6 is 15.9 Å². The molecule has 12 heavy (non-hydrogen) atoms. The molecule has 0 bridgehead atoms. The van der Waals surface area contributed by atoms with Gasteiger partial charge in [-0.25, -0.2) is 0 Å². The predicted molar refractivity (Wildman–Crippen MR) is 48.7 cm³/mol. The van der Waals surface area contributed by atoms with E-state index in [4.69, 9.17) is 0 Å². The summed E-state index contributed by atoms with van der Waals surface area (Å²) in [4.78, 5) is -2.84. The number of rotatable bonds is 5. The highest BCUT2D eigenvalue weighted by atomic mass is 79.9. The molecule has 1 saturated carbocycles. The Morgan fingerprint density at radius 1 is 1.50 bits per heavy atom. The summed E-state index contributed by atoms with van der Waals surface area (Å²) in [7, 11) is 0. The van der Waals surface area contributed by atoms with E-state index in [2.05, 4.69) is 21.2 Å². The third kappa shape index (κ3) is 5.66. The number of allylic oxidation sites excluding steroid dienone is 1. The van der Waals surface area contributed by atoms with Gasteiger partial charge in [-0.3, -0.25) is 0 Å². The van der Waals surface area contributed by atoms with Crippen molar-refractivity contribution in [1.29, 1.82) is 0 Å². The van der Waals surface area contributed by atoms with Gasteiger partial charge in [0, 0.05) is 6.04 Å². The summed E-state index contributed by atoms with van der Waals surface area (Å²) in [5.41, 5.74) is 0. The van der Waals surface area contributed by atoms with E-state index >= 15 is 0 Å². The first-order chi connectivity index (χ1) is 5.58. The van der Waals surface area contributed by atoms with Gasteiger partial charge in [0.2, 0.25) is 0 Å². The van der Waals surface area contributed by atoms with Crippen LogP contribution in [0.25, 0.3) is 0 Å². The zero-order valence-corrected chi connectivity index (χ0v) is 8.28. The molecular formula is C8H12BrF2N. The third-order valence-electron chi connectivity index (χ3n) is 1.63. The van der Waals surface area contributed by atoms with Crippen LogP contribution in [-0.4, -0.2) is 17.4 Å². The van der Waals surface area contributed by atoms with E-state index in [-0.39, 0.29) is 0 Å². The van der Waals surface area contributed by atoms with Crippen molar-refractivity contribution in [3.05, 3.63) is 12.2 Å². The van der Waals surface area contributed by atoms with Crippen molar-refractivity contribution < 1.29 is 8.78 Å². The van der Waals surface area contributed by atoms with Crippen LogP contribution in [-0.2, 0) is 0 Å². The highest BCUT2D eigenvalue weighted by Crippen LogP contribution is 2.23. The first-order valence-electron chi connectivity index (χ1n) is 4.06. The van der Waals surface area contributed by atoms with Crippen molar-refractivity contribution in [1.82, 2.24) is 5.32 Å². The molecule has 0 amide bonds. The molecule has 1 fully saturated rings. The van der Waals surface area contributed by atoms with Gasteiger partial charge in [-0.2, -0.15) is 8.78 Å². The maximum absolute atomic E-state index is 12.1. The molecule has 0 aromatic carbocycles. The Hall–Kier alpha value is 0.0400. The molecular weight excluding hydrogens is 228 g/mol. The van der Waals surface area contributed by atoms with E-state index in [9.17, 15) is 8.78 Å². The van der Waals surface area contributed by atoms with Gasteiger partial charge in [0.15, 0.2) is 0 Å². The molecule has 0 atom stereocenters. The number of hydrogen-bond donors (Lipinski definition) is 1. The highest BCUT2D eigenvalue weighted by Gasteiger charge is 2.20. The van der Waals surface area contributed by atoms with E-state index in [1.807, 2.05) is 0 Å². The fourth-order valence-electron chi connectivity index (χ4n) is 0.875. The average Bonchev–Trinajstić information content (AvgIpc) is 2.68. The minimum absolute atomic E-state index is 0.655. The minimum atomic E-state index is -2.84. The van der Waals surface area contributed by atoms with Gasteiger partial charge in [-0.1, -0.05) is 6.08 Å². The Kier molecular flexibility index (Phi) is 3.65. The largest absolute Gasteiger partial charge is 0.319 e. The lowest BCUT2D eigenvalue weighted by Crippen LogP contribution is -2.16. The van der Waals surface area contributed by atoms with Crippen LogP contribution in [0.1, 0.15) is 19.3 Å². The summed E-state index contributed by atoms with van der Waals surface area (Å²) in [5.74, 6) is 0. The number of hydrogen-bond acceptors (Lipinski definition) is 1. The predicted octanol–water partition coefficient (Wildman–Crippen LogP) is 2.67. The first kappa shape index (κ1) is 10.1. The maximum Gasteiger partial charge on any atom is 0.319 e. The monoisotopic (exact) mass is 239 g/mol. The molecule has 0 aromatic rings. The highest BCUT2D eigenvalue weighted by molar-refractivity contribution is 9.10. The summed E-state index contributed by atoms with van der Waals surface area (Å²) in [5, 5.41) is 3.23. The SMILES string of the molecule is FC(F)(Br)/C=C/CCNC1CC1. The summed E-state index contributed by atoms with van der Waals surface area (Å²) in [6.07, 6.45) is 5.50. The number of alkyl halides is 3. The molecule has 4 heteroatoms. The van der Waals surface area contributed by atoms with Gasteiger partial charge >= 0.3 is 4.83 Å². The molecule has 1 aliphatic rings. The van der Waals surface area contributed by atoms with Crippen molar-refractivity contribution in [2.24, 2.45) is 0 Å².